The number of rotatable bonds is 6. The molecular weight excluding hydrogens is 386 g/mol. The molecule has 0 saturated carbocycles. The van der Waals surface area contributed by atoms with E-state index in [1.165, 1.54) is 11.4 Å². The third-order valence-corrected chi connectivity index (χ3v) is 6.43. The fraction of sp³-hybridized carbons (Fsp3) is 0.182. The molecule has 0 aliphatic carbocycles. The first-order chi connectivity index (χ1) is 13.8. The normalized spacial score (nSPS) is 11.1. The maximum absolute atomic E-state index is 12.8. The van der Waals surface area contributed by atoms with Gasteiger partial charge in [-0.2, -0.15) is 0 Å². The molecule has 0 fully saturated rings. The molecule has 0 aliphatic heterocycles. The molecule has 0 atom stereocenters. The molecule has 3 aromatic rings. The van der Waals surface area contributed by atoms with Crippen molar-refractivity contribution in [3.8, 4) is 0 Å². The zero-order valence-corrected chi connectivity index (χ0v) is 17.4. The Kier molecular flexibility index (Phi) is 5.98. The summed E-state index contributed by atoms with van der Waals surface area (Å²) < 4.78 is 26.8. The summed E-state index contributed by atoms with van der Waals surface area (Å²) in [6, 6.07) is 18.8. The second-order valence-electron chi connectivity index (χ2n) is 6.81. The van der Waals surface area contributed by atoms with Crippen molar-refractivity contribution in [3.63, 3.8) is 0 Å². The van der Waals surface area contributed by atoms with Gasteiger partial charge in [-0.05, 0) is 55.5 Å². The van der Waals surface area contributed by atoms with Crippen molar-refractivity contribution in [1.82, 2.24) is 9.88 Å². The smallest absolute Gasteiger partial charge is 0.264 e. The van der Waals surface area contributed by atoms with E-state index >= 15 is 0 Å². The summed E-state index contributed by atoms with van der Waals surface area (Å²) in [7, 11) is -0.463. The molecular formula is C22H23N3O3S. The topological polar surface area (TPSA) is 70.6 Å². The number of pyridine rings is 1. The minimum absolute atomic E-state index is 0.161. The van der Waals surface area contributed by atoms with Crippen LogP contribution in [0, 0.1) is 6.92 Å². The number of hydrogen-bond donors (Lipinski definition) is 0. The molecule has 0 N–H and O–H groups in total. The van der Waals surface area contributed by atoms with Gasteiger partial charge in [-0.25, -0.2) is 8.42 Å². The largest absolute Gasteiger partial charge is 0.336 e. The molecule has 0 saturated heterocycles. The van der Waals surface area contributed by atoms with Crippen LogP contribution in [-0.4, -0.2) is 38.3 Å². The first kappa shape index (κ1) is 20.5. The second kappa shape index (κ2) is 8.45. The van der Waals surface area contributed by atoms with Crippen LogP contribution in [0.2, 0.25) is 0 Å². The molecule has 7 heteroatoms. The minimum atomic E-state index is -3.67. The lowest BCUT2D eigenvalue weighted by molar-refractivity contribution is 0.0783. The molecule has 0 aliphatic rings. The molecule has 6 nitrogen and oxygen atoms in total. The maximum Gasteiger partial charge on any atom is 0.264 e. The monoisotopic (exact) mass is 409 g/mol. The van der Waals surface area contributed by atoms with Crippen molar-refractivity contribution >= 4 is 21.6 Å². The van der Waals surface area contributed by atoms with Crippen molar-refractivity contribution in [3.05, 3.63) is 89.7 Å². The molecule has 29 heavy (non-hydrogen) atoms. The van der Waals surface area contributed by atoms with Crippen LogP contribution in [-0.2, 0) is 16.6 Å². The molecule has 1 aromatic heterocycles. The van der Waals surface area contributed by atoms with Gasteiger partial charge in [-0.15, -0.1) is 0 Å². The number of nitrogens with zero attached hydrogens (tertiary/aromatic N) is 3. The lowest BCUT2D eigenvalue weighted by Gasteiger charge is -2.21. The minimum Gasteiger partial charge on any atom is -0.336 e. The molecule has 1 heterocycles. The quantitative estimate of drug-likeness (QED) is 0.625. The second-order valence-corrected chi connectivity index (χ2v) is 8.78. The van der Waals surface area contributed by atoms with Crippen LogP contribution in [0.1, 0.15) is 21.6 Å². The van der Waals surface area contributed by atoms with E-state index in [1.807, 2.05) is 25.1 Å². The van der Waals surface area contributed by atoms with Crippen LogP contribution >= 0.6 is 0 Å². The standard InChI is InChI=1S/C22H23N3O3S/c1-17-7-13-21(14-8-17)29(27,28)25(3)20-11-9-18(10-12-20)22(26)24(2)16-19-6-4-5-15-23-19/h4-15H,16H2,1-3H3. The van der Waals surface area contributed by atoms with Crippen LogP contribution < -0.4 is 4.31 Å². The van der Waals surface area contributed by atoms with Gasteiger partial charge in [0, 0.05) is 25.9 Å². The van der Waals surface area contributed by atoms with Crippen molar-refractivity contribution in [1.29, 1.82) is 0 Å². The van der Waals surface area contributed by atoms with Crippen molar-refractivity contribution < 1.29 is 13.2 Å². The highest BCUT2D eigenvalue weighted by molar-refractivity contribution is 7.92. The van der Waals surface area contributed by atoms with E-state index in [-0.39, 0.29) is 10.8 Å². The van der Waals surface area contributed by atoms with Gasteiger partial charge in [0.05, 0.1) is 22.8 Å². The van der Waals surface area contributed by atoms with Gasteiger partial charge < -0.3 is 4.90 Å². The number of amides is 1. The van der Waals surface area contributed by atoms with Crippen molar-refractivity contribution in [2.75, 3.05) is 18.4 Å². The van der Waals surface area contributed by atoms with Gasteiger partial charge in [0.15, 0.2) is 0 Å². The Morgan fingerprint density at radius 3 is 2.17 bits per heavy atom. The summed E-state index contributed by atoms with van der Waals surface area (Å²) in [5.41, 5.74) is 2.75. The Hall–Kier alpha value is -3.19. The molecule has 1 amide bonds. The third-order valence-electron chi connectivity index (χ3n) is 4.63. The molecule has 0 unspecified atom stereocenters. The van der Waals surface area contributed by atoms with Crippen LogP contribution in [0.3, 0.4) is 0 Å². The van der Waals surface area contributed by atoms with E-state index in [4.69, 9.17) is 0 Å². The highest BCUT2D eigenvalue weighted by Crippen LogP contribution is 2.23. The van der Waals surface area contributed by atoms with E-state index in [0.717, 1.165) is 11.3 Å². The summed E-state index contributed by atoms with van der Waals surface area (Å²) in [5, 5.41) is 0. The average molecular weight is 410 g/mol. The number of sulfonamides is 1. The summed E-state index contributed by atoms with van der Waals surface area (Å²) >= 11 is 0. The summed E-state index contributed by atoms with van der Waals surface area (Å²) in [4.78, 5) is 18.7. The molecule has 2 aromatic carbocycles. The van der Waals surface area contributed by atoms with Gasteiger partial charge in [0.2, 0.25) is 0 Å². The van der Waals surface area contributed by atoms with Crippen LogP contribution in [0.5, 0.6) is 0 Å². The number of carbonyl (C=O) groups is 1. The maximum atomic E-state index is 12.8. The van der Waals surface area contributed by atoms with E-state index in [2.05, 4.69) is 4.98 Å². The van der Waals surface area contributed by atoms with Crippen molar-refractivity contribution in [2.24, 2.45) is 0 Å². The van der Waals surface area contributed by atoms with Crippen LogP contribution in [0.25, 0.3) is 0 Å². The average Bonchev–Trinajstić information content (AvgIpc) is 2.73. The Balaban J connectivity index is 1.75. The van der Waals surface area contributed by atoms with Gasteiger partial charge in [0.1, 0.15) is 0 Å². The van der Waals surface area contributed by atoms with Crippen LogP contribution in [0.15, 0.2) is 77.8 Å². The predicted octanol–water partition coefficient (Wildman–Crippen LogP) is 3.49. The first-order valence-electron chi connectivity index (χ1n) is 9.10. The van der Waals surface area contributed by atoms with E-state index in [0.29, 0.717) is 17.8 Å². The lowest BCUT2D eigenvalue weighted by atomic mass is 10.2. The molecule has 0 radical (unpaired) electrons. The SMILES string of the molecule is Cc1ccc(S(=O)(=O)N(C)c2ccc(C(=O)N(C)Cc3ccccn3)cc2)cc1. The van der Waals surface area contributed by atoms with E-state index in [1.54, 1.807) is 66.7 Å². The van der Waals surface area contributed by atoms with E-state index in [9.17, 15) is 13.2 Å². The van der Waals surface area contributed by atoms with Gasteiger partial charge >= 0.3 is 0 Å². The number of carbonyl (C=O) groups excluding carboxylic acids is 1. The lowest BCUT2D eigenvalue weighted by Crippen LogP contribution is -2.28. The highest BCUT2D eigenvalue weighted by atomic mass is 32.2. The zero-order chi connectivity index (χ0) is 21.0. The molecule has 0 bridgehead atoms. The first-order valence-corrected chi connectivity index (χ1v) is 10.5. The van der Waals surface area contributed by atoms with Crippen molar-refractivity contribution in [2.45, 2.75) is 18.4 Å². The van der Waals surface area contributed by atoms with Crippen LogP contribution in [0.4, 0.5) is 5.69 Å². The van der Waals surface area contributed by atoms with E-state index < -0.39 is 10.0 Å². The fourth-order valence-electron chi connectivity index (χ4n) is 2.85. The zero-order valence-electron chi connectivity index (χ0n) is 16.6. The Bertz CT molecular complexity index is 1080. The number of aryl methyl sites for hydroxylation is 1. The Labute approximate surface area is 171 Å². The molecule has 150 valence electrons. The summed E-state index contributed by atoms with van der Waals surface area (Å²) in [6.45, 7) is 2.30. The highest BCUT2D eigenvalue weighted by Gasteiger charge is 2.21. The molecule has 0 spiro atoms. The summed E-state index contributed by atoms with van der Waals surface area (Å²) in [5.74, 6) is -0.161. The van der Waals surface area contributed by atoms with Gasteiger partial charge in [0.25, 0.3) is 15.9 Å². The molecule has 3 rings (SSSR count). The third kappa shape index (κ3) is 4.63. The van der Waals surface area contributed by atoms with Gasteiger partial charge in [-0.1, -0.05) is 23.8 Å². The number of anilines is 1. The number of benzene rings is 2. The Morgan fingerprint density at radius 2 is 1.59 bits per heavy atom. The predicted molar refractivity (Wildman–Crippen MR) is 113 cm³/mol. The van der Waals surface area contributed by atoms with Gasteiger partial charge in [-0.3, -0.25) is 14.1 Å². The summed E-state index contributed by atoms with van der Waals surface area (Å²) in [6.07, 6.45) is 1.69. The number of aromatic nitrogens is 1. The number of hydrogen-bond acceptors (Lipinski definition) is 4. The Morgan fingerprint density at radius 1 is 0.931 bits per heavy atom. The fourth-order valence-corrected chi connectivity index (χ4v) is 4.04.